The fraction of sp³-hybridized carbons (Fsp3) is 0.667. The average Bonchev–Trinajstić information content (AvgIpc) is 2.12. The van der Waals surface area contributed by atoms with Crippen molar-refractivity contribution < 1.29 is 0 Å². The van der Waals surface area contributed by atoms with Crippen molar-refractivity contribution in [3.63, 3.8) is 0 Å². The van der Waals surface area contributed by atoms with E-state index in [2.05, 4.69) is 41.2 Å². The highest BCUT2D eigenvalue weighted by molar-refractivity contribution is 5.28. The minimum atomic E-state index is 0.392. The third-order valence-electron chi connectivity index (χ3n) is 2.37. The van der Waals surface area contributed by atoms with E-state index in [4.69, 9.17) is 0 Å². The first kappa shape index (κ1) is 12.9. The predicted octanol–water partition coefficient (Wildman–Crippen LogP) is 1.85. The summed E-state index contributed by atoms with van der Waals surface area (Å²) in [4.78, 5) is 10.9. The van der Waals surface area contributed by atoms with Gasteiger partial charge in [-0.1, -0.05) is 0 Å². The van der Waals surface area contributed by atoms with Crippen molar-refractivity contribution in [3.05, 3.63) is 17.5 Å². The van der Waals surface area contributed by atoms with E-state index in [1.54, 1.807) is 0 Å². The van der Waals surface area contributed by atoms with Crippen LogP contribution in [0.25, 0.3) is 0 Å². The van der Waals surface area contributed by atoms with E-state index >= 15 is 0 Å². The highest BCUT2D eigenvalue weighted by Crippen LogP contribution is 2.06. The Morgan fingerprint density at radius 2 is 1.81 bits per heavy atom. The van der Waals surface area contributed by atoms with Crippen LogP contribution in [0.4, 0.5) is 5.95 Å². The molecule has 1 atom stereocenters. The van der Waals surface area contributed by atoms with Gasteiger partial charge in [-0.05, 0) is 53.9 Å². The van der Waals surface area contributed by atoms with Crippen molar-refractivity contribution in [1.29, 1.82) is 0 Å². The Balaban J connectivity index is 2.52. The van der Waals surface area contributed by atoms with E-state index in [-0.39, 0.29) is 0 Å². The van der Waals surface area contributed by atoms with Gasteiger partial charge >= 0.3 is 0 Å². The van der Waals surface area contributed by atoms with Crippen LogP contribution in [0.3, 0.4) is 0 Å². The molecule has 0 aromatic carbocycles. The molecule has 1 unspecified atom stereocenters. The van der Waals surface area contributed by atoms with Crippen LogP contribution < -0.4 is 5.32 Å². The summed E-state index contributed by atoms with van der Waals surface area (Å²) in [7, 11) is 4.17. The van der Waals surface area contributed by atoms with Gasteiger partial charge in [-0.15, -0.1) is 0 Å². The van der Waals surface area contributed by atoms with Gasteiger partial charge in [0.2, 0.25) is 5.95 Å². The number of nitrogens with zero attached hydrogens (tertiary/aromatic N) is 3. The molecule has 0 saturated carbocycles. The lowest BCUT2D eigenvalue weighted by Gasteiger charge is -2.17. The Bertz CT molecular complexity index is 316. The van der Waals surface area contributed by atoms with Gasteiger partial charge in [0.25, 0.3) is 0 Å². The second-order valence-electron chi connectivity index (χ2n) is 4.61. The summed E-state index contributed by atoms with van der Waals surface area (Å²) in [6, 6.07) is 2.37. The number of aromatic nitrogens is 2. The van der Waals surface area contributed by atoms with Crippen molar-refractivity contribution in [2.24, 2.45) is 0 Å². The molecule has 1 aromatic heterocycles. The van der Waals surface area contributed by atoms with Gasteiger partial charge in [-0.3, -0.25) is 0 Å². The molecule has 0 aliphatic carbocycles. The van der Waals surface area contributed by atoms with Gasteiger partial charge in [-0.25, -0.2) is 9.97 Å². The molecular formula is C12H22N4. The van der Waals surface area contributed by atoms with E-state index in [0.29, 0.717) is 6.04 Å². The summed E-state index contributed by atoms with van der Waals surface area (Å²) in [5, 5.41) is 3.33. The van der Waals surface area contributed by atoms with Crippen LogP contribution in [0.2, 0.25) is 0 Å². The third kappa shape index (κ3) is 4.57. The maximum Gasteiger partial charge on any atom is 0.223 e. The molecule has 0 aliphatic rings. The average molecular weight is 222 g/mol. The van der Waals surface area contributed by atoms with Crippen LogP contribution in [0, 0.1) is 13.8 Å². The van der Waals surface area contributed by atoms with Crippen molar-refractivity contribution in [3.8, 4) is 0 Å². The maximum atomic E-state index is 4.37. The molecule has 1 N–H and O–H groups in total. The largest absolute Gasteiger partial charge is 0.352 e. The first-order valence-corrected chi connectivity index (χ1v) is 5.71. The summed E-state index contributed by atoms with van der Waals surface area (Å²) < 4.78 is 0. The lowest BCUT2D eigenvalue weighted by molar-refractivity contribution is 0.390. The molecule has 0 bridgehead atoms. The van der Waals surface area contributed by atoms with Crippen molar-refractivity contribution >= 4 is 5.95 Å². The highest BCUT2D eigenvalue weighted by atomic mass is 15.1. The standard InChI is InChI=1S/C12H22N4/c1-9(6-7-16(4)5)13-12-14-10(2)8-11(3)15-12/h8-9H,6-7H2,1-5H3,(H,13,14,15). The molecule has 0 aliphatic heterocycles. The summed E-state index contributed by atoms with van der Waals surface area (Å²) in [5.41, 5.74) is 2.02. The van der Waals surface area contributed by atoms with Crippen LogP contribution in [-0.2, 0) is 0 Å². The lowest BCUT2D eigenvalue weighted by Crippen LogP contribution is -2.24. The number of aryl methyl sites for hydroxylation is 2. The topological polar surface area (TPSA) is 41.1 Å². The predicted molar refractivity (Wildman–Crippen MR) is 67.8 cm³/mol. The fourth-order valence-corrected chi connectivity index (χ4v) is 1.53. The molecule has 4 nitrogen and oxygen atoms in total. The molecule has 90 valence electrons. The number of hydrogen-bond donors (Lipinski definition) is 1. The number of nitrogens with one attached hydrogen (secondary N) is 1. The lowest BCUT2D eigenvalue weighted by atomic mass is 10.2. The molecule has 1 rings (SSSR count). The molecule has 0 saturated heterocycles. The zero-order chi connectivity index (χ0) is 12.1. The first-order chi connectivity index (χ1) is 7.47. The molecule has 1 aromatic rings. The molecule has 0 spiro atoms. The van der Waals surface area contributed by atoms with Crippen molar-refractivity contribution in [2.75, 3.05) is 26.0 Å². The Hall–Kier alpha value is -1.16. The summed E-state index contributed by atoms with van der Waals surface area (Å²) in [6.45, 7) is 7.21. The van der Waals surface area contributed by atoms with Gasteiger partial charge in [0.1, 0.15) is 0 Å². The number of anilines is 1. The van der Waals surface area contributed by atoms with E-state index in [0.717, 1.165) is 30.3 Å². The van der Waals surface area contributed by atoms with Crippen molar-refractivity contribution in [2.45, 2.75) is 33.2 Å². The maximum absolute atomic E-state index is 4.37. The molecule has 4 heteroatoms. The first-order valence-electron chi connectivity index (χ1n) is 5.71. The minimum Gasteiger partial charge on any atom is -0.352 e. The Morgan fingerprint density at radius 3 is 2.31 bits per heavy atom. The molecular weight excluding hydrogens is 200 g/mol. The zero-order valence-electron chi connectivity index (χ0n) is 10.9. The normalized spacial score (nSPS) is 12.9. The number of hydrogen-bond acceptors (Lipinski definition) is 4. The molecule has 0 amide bonds. The zero-order valence-corrected chi connectivity index (χ0v) is 10.9. The smallest absolute Gasteiger partial charge is 0.223 e. The Kier molecular flexibility index (Phi) is 4.68. The Morgan fingerprint density at radius 1 is 1.25 bits per heavy atom. The minimum absolute atomic E-state index is 0.392. The third-order valence-corrected chi connectivity index (χ3v) is 2.37. The molecule has 0 radical (unpaired) electrons. The van der Waals surface area contributed by atoms with Crippen LogP contribution >= 0.6 is 0 Å². The van der Waals surface area contributed by atoms with Gasteiger partial charge in [-0.2, -0.15) is 0 Å². The van der Waals surface area contributed by atoms with E-state index < -0.39 is 0 Å². The van der Waals surface area contributed by atoms with Crippen LogP contribution in [0.15, 0.2) is 6.07 Å². The number of rotatable bonds is 5. The molecule has 0 fully saturated rings. The van der Waals surface area contributed by atoms with Gasteiger partial charge in [0.05, 0.1) is 0 Å². The summed E-state index contributed by atoms with van der Waals surface area (Å²) >= 11 is 0. The van der Waals surface area contributed by atoms with Crippen LogP contribution in [0.5, 0.6) is 0 Å². The van der Waals surface area contributed by atoms with Crippen LogP contribution in [-0.4, -0.2) is 41.5 Å². The molecule has 1 heterocycles. The van der Waals surface area contributed by atoms with Crippen LogP contribution in [0.1, 0.15) is 24.7 Å². The van der Waals surface area contributed by atoms with E-state index in [1.165, 1.54) is 0 Å². The molecule has 16 heavy (non-hydrogen) atoms. The second kappa shape index (κ2) is 5.80. The van der Waals surface area contributed by atoms with Crippen molar-refractivity contribution in [1.82, 2.24) is 14.9 Å². The van der Waals surface area contributed by atoms with E-state index in [1.807, 2.05) is 19.9 Å². The SMILES string of the molecule is Cc1cc(C)nc(NC(C)CCN(C)C)n1. The monoisotopic (exact) mass is 222 g/mol. The Labute approximate surface area is 98.1 Å². The van der Waals surface area contributed by atoms with Gasteiger partial charge < -0.3 is 10.2 Å². The van der Waals surface area contributed by atoms with Gasteiger partial charge in [0, 0.05) is 17.4 Å². The quantitative estimate of drug-likeness (QED) is 0.825. The summed E-state index contributed by atoms with van der Waals surface area (Å²) in [6.07, 6.45) is 1.09. The second-order valence-corrected chi connectivity index (χ2v) is 4.61. The summed E-state index contributed by atoms with van der Waals surface area (Å²) in [5.74, 6) is 0.740. The van der Waals surface area contributed by atoms with Gasteiger partial charge in [0.15, 0.2) is 0 Å². The fourth-order valence-electron chi connectivity index (χ4n) is 1.53. The highest BCUT2D eigenvalue weighted by Gasteiger charge is 2.05. The van der Waals surface area contributed by atoms with E-state index in [9.17, 15) is 0 Å².